The van der Waals surface area contributed by atoms with Crippen LogP contribution in [0.1, 0.15) is 56.3 Å². The lowest BCUT2D eigenvalue weighted by molar-refractivity contribution is -0.115. The van der Waals surface area contributed by atoms with E-state index in [1.165, 1.54) is 18.7 Å². The Morgan fingerprint density at radius 3 is 2.10 bits per heavy atom. The number of nitrogens with one attached hydrogen (secondary N) is 3. The summed E-state index contributed by atoms with van der Waals surface area (Å²) in [5.41, 5.74) is 3.49. The molecule has 0 saturated heterocycles. The lowest BCUT2D eigenvalue weighted by Crippen LogP contribution is -2.33. The molecule has 0 aromatic heterocycles. The second-order valence-electron chi connectivity index (χ2n) is 8.16. The molecule has 2 aromatic rings. The highest BCUT2D eigenvalue weighted by Gasteiger charge is 2.18. The van der Waals surface area contributed by atoms with Crippen LogP contribution in [-0.2, 0) is 14.8 Å². The van der Waals surface area contributed by atoms with Gasteiger partial charge in [-0.25, -0.2) is 13.1 Å². The van der Waals surface area contributed by atoms with E-state index >= 15 is 0 Å². The summed E-state index contributed by atoms with van der Waals surface area (Å²) in [7, 11) is -2.22. The number of amides is 1. The summed E-state index contributed by atoms with van der Waals surface area (Å²) in [6.45, 7) is 10.4. The van der Waals surface area contributed by atoms with E-state index in [9.17, 15) is 13.2 Å². The largest absolute Gasteiger partial charge is 0.325 e. The van der Waals surface area contributed by atoms with Crippen LogP contribution >= 0.6 is 0 Å². The molecule has 0 fully saturated rings. The van der Waals surface area contributed by atoms with E-state index in [1.54, 1.807) is 19.1 Å². The first kappa shape index (κ1) is 24.1. The van der Waals surface area contributed by atoms with Gasteiger partial charge >= 0.3 is 0 Å². The van der Waals surface area contributed by atoms with Crippen molar-refractivity contribution in [1.29, 1.82) is 0 Å². The van der Waals surface area contributed by atoms with Gasteiger partial charge in [-0.15, -0.1) is 0 Å². The average Bonchev–Trinajstić information content (AvgIpc) is 2.69. The summed E-state index contributed by atoms with van der Waals surface area (Å²) >= 11 is 0. The number of sulfonamides is 1. The Morgan fingerprint density at radius 1 is 0.967 bits per heavy atom. The van der Waals surface area contributed by atoms with Gasteiger partial charge in [-0.05, 0) is 54.6 Å². The first-order valence-electron chi connectivity index (χ1n) is 10.2. The quantitative estimate of drug-likeness (QED) is 0.561. The van der Waals surface area contributed by atoms with E-state index in [4.69, 9.17) is 0 Å². The molecule has 0 aliphatic rings. The standard InChI is InChI=1S/C23H33N3O3S/c1-15(2)18-8-10-19(11-9-18)23(16(3)4)25-14-22(27)26-20-12-7-17(5)21(13-20)30(28,29)24-6/h7-13,15-16,23-25H,14H2,1-6H3,(H,26,27)/t23-/m0/s1. The molecule has 2 rings (SSSR count). The fraction of sp³-hybridized carbons (Fsp3) is 0.435. The molecule has 164 valence electrons. The number of benzene rings is 2. The molecule has 3 N–H and O–H groups in total. The Hall–Kier alpha value is -2.22. The molecule has 0 aliphatic heterocycles. The van der Waals surface area contributed by atoms with Gasteiger partial charge in [0, 0.05) is 11.7 Å². The van der Waals surface area contributed by atoms with Crippen LogP contribution in [0.4, 0.5) is 5.69 Å². The van der Waals surface area contributed by atoms with E-state index in [1.807, 2.05) is 0 Å². The number of anilines is 1. The van der Waals surface area contributed by atoms with Crippen LogP contribution in [0.25, 0.3) is 0 Å². The van der Waals surface area contributed by atoms with Crippen LogP contribution in [0.2, 0.25) is 0 Å². The van der Waals surface area contributed by atoms with E-state index in [0.717, 1.165) is 5.56 Å². The molecule has 0 saturated carbocycles. The van der Waals surface area contributed by atoms with E-state index in [-0.39, 0.29) is 23.4 Å². The second kappa shape index (κ2) is 10.2. The molecule has 0 spiro atoms. The zero-order chi connectivity index (χ0) is 22.5. The van der Waals surface area contributed by atoms with Crippen LogP contribution in [0, 0.1) is 12.8 Å². The number of hydrogen-bond acceptors (Lipinski definition) is 4. The Labute approximate surface area is 180 Å². The fourth-order valence-corrected chi connectivity index (χ4v) is 4.31. The highest BCUT2D eigenvalue weighted by molar-refractivity contribution is 7.89. The maximum Gasteiger partial charge on any atom is 0.240 e. The van der Waals surface area contributed by atoms with Gasteiger partial charge in [-0.2, -0.15) is 0 Å². The molecule has 0 heterocycles. The normalized spacial score (nSPS) is 12.9. The van der Waals surface area contributed by atoms with Crippen molar-refractivity contribution >= 4 is 21.6 Å². The van der Waals surface area contributed by atoms with Gasteiger partial charge < -0.3 is 10.6 Å². The van der Waals surface area contributed by atoms with Gasteiger partial charge in [-0.3, -0.25) is 4.79 Å². The molecule has 0 unspecified atom stereocenters. The Bertz CT molecular complexity index is 968. The van der Waals surface area contributed by atoms with Gasteiger partial charge in [-0.1, -0.05) is 58.0 Å². The van der Waals surface area contributed by atoms with Crippen molar-refractivity contribution in [3.05, 3.63) is 59.2 Å². The molecule has 7 heteroatoms. The number of carbonyl (C=O) groups excluding carboxylic acids is 1. The minimum absolute atomic E-state index is 0.0372. The van der Waals surface area contributed by atoms with Crippen LogP contribution < -0.4 is 15.4 Å². The van der Waals surface area contributed by atoms with Crippen molar-refractivity contribution in [2.75, 3.05) is 18.9 Å². The molecular formula is C23H33N3O3S. The van der Waals surface area contributed by atoms with Crippen LogP contribution in [0.3, 0.4) is 0 Å². The maximum atomic E-state index is 12.5. The highest BCUT2D eigenvalue weighted by Crippen LogP contribution is 2.24. The van der Waals surface area contributed by atoms with Crippen molar-refractivity contribution in [2.24, 2.45) is 5.92 Å². The van der Waals surface area contributed by atoms with Gasteiger partial charge in [0.15, 0.2) is 0 Å². The molecule has 0 bridgehead atoms. The monoisotopic (exact) mass is 431 g/mol. The minimum Gasteiger partial charge on any atom is -0.325 e. The van der Waals surface area contributed by atoms with Crippen LogP contribution in [-0.4, -0.2) is 27.9 Å². The Morgan fingerprint density at radius 2 is 1.57 bits per heavy atom. The number of aryl methyl sites for hydroxylation is 1. The van der Waals surface area contributed by atoms with Gasteiger partial charge in [0.25, 0.3) is 0 Å². The smallest absolute Gasteiger partial charge is 0.240 e. The van der Waals surface area contributed by atoms with Crippen LogP contribution in [0.15, 0.2) is 47.4 Å². The Kier molecular flexibility index (Phi) is 8.18. The third kappa shape index (κ3) is 6.14. The third-order valence-corrected chi connectivity index (χ3v) is 6.70. The first-order chi connectivity index (χ1) is 14.0. The topological polar surface area (TPSA) is 87.3 Å². The second-order valence-corrected chi connectivity index (χ2v) is 10.0. The van der Waals surface area contributed by atoms with Gasteiger partial charge in [0.1, 0.15) is 0 Å². The summed E-state index contributed by atoms with van der Waals surface area (Å²) in [5, 5.41) is 6.11. The summed E-state index contributed by atoms with van der Waals surface area (Å²) in [6.07, 6.45) is 0. The lowest BCUT2D eigenvalue weighted by Gasteiger charge is -2.23. The van der Waals surface area contributed by atoms with Crippen molar-refractivity contribution in [2.45, 2.75) is 51.5 Å². The predicted molar refractivity (Wildman–Crippen MR) is 122 cm³/mol. The lowest BCUT2D eigenvalue weighted by atomic mass is 9.93. The maximum absolute atomic E-state index is 12.5. The number of carbonyl (C=O) groups is 1. The zero-order valence-corrected chi connectivity index (χ0v) is 19.4. The predicted octanol–water partition coefficient (Wildman–Crippen LogP) is 3.95. The third-order valence-electron chi connectivity index (χ3n) is 5.14. The van der Waals surface area contributed by atoms with E-state index < -0.39 is 10.0 Å². The molecule has 1 amide bonds. The molecule has 0 radical (unpaired) electrons. The molecule has 30 heavy (non-hydrogen) atoms. The molecular weight excluding hydrogens is 398 g/mol. The van der Waals surface area contributed by atoms with Crippen molar-refractivity contribution in [3.63, 3.8) is 0 Å². The van der Waals surface area contributed by atoms with Gasteiger partial charge in [0.05, 0.1) is 11.4 Å². The molecule has 1 atom stereocenters. The summed E-state index contributed by atoms with van der Waals surface area (Å²) in [5.74, 6) is 0.548. The van der Waals surface area contributed by atoms with Crippen molar-refractivity contribution in [1.82, 2.24) is 10.0 Å². The van der Waals surface area contributed by atoms with E-state index in [2.05, 4.69) is 67.3 Å². The summed E-state index contributed by atoms with van der Waals surface area (Å²) in [6, 6.07) is 13.4. The highest BCUT2D eigenvalue weighted by atomic mass is 32.2. The Balaban J connectivity index is 2.07. The zero-order valence-electron chi connectivity index (χ0n) is 18.6. The van der Waals surface area contributed by atoms with Crippen molar-refractivity contribution < 1.29 is 13.2 Å². The molecule has 2 aromatic carbocycles. The average molecular weight is 432 g/mol. The van der Waals surface area contributed by atoms with Crippen molar-refractivity contribution in [3.8, 4) is 0 Å². The fourth-order valence-electron chi connectivity index (χ4n) is 3.31. The number of hydrogen-bond donors (Lipinski definition) is 3. The molecule has 0 aliphatic carbocycles. The van der Waals surface area contributed by atoms with E-state index in [0.29, 0.717) is 23.1 Å². The van der Waals surface area contributed by atoms with Crippen LogP contribution in [0.5, 0.6) is 0 Å². The first-order valence-corrected chi connectivity index (χ1v) is 11.7. The minimum atomic E-state index is -3.59. The van der Waals surface area contributed by atoms with Gasteiger partial charge in [0.2, 0.25) is 15.9 Å². The number of rotatable bonds is 9. The summed E-state index contributed by atoms with van der Waals surface area (Å²) in [4.78, 5) is 12.6. The summed E-state index contributed by atoms with van der Waals surface area (Å²) < 4.78 is 26.6. The molecule has 6 nitrogen and oxygen atoms in total. The SMILES string of the molecule is CNS(=O)(=O)c1cc(NC(=O)CN[C@H](c2ccc(C(C)C)cc2)C(C)C)ccc1C.